The molecule has 2 atom stereocenters. The zero-order valence-electron chi connectivity index (χ0n) is 17.4. The molecule has 2 aromatic rings. The van der Waals surface area contributed by atoms with E-state index in [4.69, 9.17) is 10.8 Å². The van der Waals surface area contributed by atoms with Crippen molar-refractivity contribution >= 4 is 29.5 Å². The minimum atomic E-state index is -1.30. The third-order valence-corrected chi connectivity index (χ3v) is 6.31. The van der Waals surface area contributed by atoms with Crippen molar-refractivity contribution in [3.8, 4) is 0 Å². The fourth-order valence-corrected chi connectivity index (χ4v) is 4.56. The number of hydrogen-bond donors (Lipinski definition) is 3. The van der Waals surface area contributed by atoms with Crippen LogP contribution in [0.3, 0.4) is 0 Å². The second-order valence-electron chi connectivity index (χ2n) is 7.56. The van der Waals surface area contributed by atoms with Crippen molar-refractivity contribution in [1.82, 2.24) is 10.2 Å². The average molecular weight is 481 g/mol. The maximum atomic E-state index is 13.8. The summed E-state index contributed by atoms with van der Waals surface area (Å²) in [6.07, 6.45) is -0.363. The van der Waals surface area contributed by atoms with Crippen molar-refractivity contribution in [3.05, 3.63) is 70.5 Å². The molecule has 1 unspecified atom stereocenters. The largest absolute Gasteiger partial charge is 0.478 e. The minimum absolute atomic E-state index is 0.131. The summed E-state index contributed by atoms with van der Waals surface area (Å²) in [4.78, 5) is 37.6. The topological polar surface area (TPSA) is 113 Å². The molecule has 3 rings (SSSR count). The third-order valence-electron chi connectivity index (χ3n) is 5.11. The van der Waals surface area contributed by atoms with E-state index in [1.807, 2.05) is 0 Å². The number of nitrogens with one attached hydrogen (secondary N) is 1. The maximum absolute atomic E-state index is 13.8. The first-order valence-corrected chi connectivity index (χ1v) is 11.1. The highest BCUT2D eigenvalue weighted by Gasteiger charge is 2.35. The van der Waals surface area contributed by atoms with Crippen LogP contribution in [0.2, 0.25) is 0 Å². The zero-order valence-corrected chi connectivity index (χ0v) is 18.2. The van der Waals surface area contributed by atoms with Gasteiger partial charge in [-0.3, -0.25) is 9.59 Å². The normalized spacial score (nSPS) is 16.5. The molecular weight excluding hydrogens is 459 g/mol. The summed E-state index contributed by atoms with van der Waals surface area (Å²) in [6, 6.07) is 6.35. The van der Waals surface area contributed by atoms with E-state index in [1.54, 1.807) is 12.1 Å². The molecule has 1 fully saturated rings. The van der Waals surface area contributed by atoms with Gasteiger partial charge in [0.25, 0.3) is 5.91 Å². The van der Waals surface area contributed by atoms with Gasteiger partial charge in [0.05, 0.1) is 5.56 Å². The van der Waals surface area contributed by atoms with E-state index in [1.165, 1.54) is 28.8 Å². The van der Waals surface area contributed by atoms with Gasteiger partial charge in [-0.15, -0.1) is 11.8 Å². The summed E-state index contributed by atoms with van der Waals surface area (Å²) >= 11 is 1.29. The van der Waals surface area contributed by atoms with E-state index < -0.39 is 40.7 Å². The molecule has 0 bridgehead atoms. The highest BCUT2D eigenvalue weighted by molar-refractivity contribution is 8.00. The average Bonchev–Trinajstić information content (AvgIpc) is 3.26. The number of hydrogen-bond acceptors (Lipinski definition) is 5. The Balaban J connectivity index is 1.55. The van der Waals surface area contributed by atoms with Crippen LogP contribution in [0, 0.1) is 17.5 Å². The van der Waals surface area contributed by atoms with Gasteiger partial charge in [0.1, 0.15) is 5.82 Å². The first kappa shape index (κ1) is 24.6. The molecule has 7 nitrogen and oxygen atoms in total. The third kappa shape index (κ3) is 6.26. The summed E-state index contributed by atoms with van der Waals surface area (Å²) in [5.41, 5.74) is 6.64. The molecule has 2 aromatic carbocycles. The molecular formula is C22H22F3N3O4S. The first-order chi connectivity index (χ1) is 15.7. The van der Waals surface area contributed by atoms with Gasteiger partial charge in [-0.25, -0.2) is 18.0 Å². The van der Waals surface area contributed by atoms with E-state index in [0.717, 1.165) is 6.07 Å². The van der Waals surface area contributed by atoms with E-state index in [0.29, 0.717) is 23.9 Å². The number of amides is 2. The molecule has 4 N–H and O–H groups in total. The standard InChI is InChI=1S/C22H22F3N3O4S/c23-16-10-18(25)17(24)8-14(16)7-15(26)9-19(29)28-5-6-33-21(28)20(30)27-11-12-1-3-13(4-2-12)22(31)32/h1-4,8,10,15,21H,5-7,9,11,26H2,(H,27,30)(H,31,32)/t15-,21?/m1/s1. The van der Waals surface area contributed by atoms with Crippen molar-refractivity contribution in [1.29, 1.82) is 0 Å². The number of rotatable bonds is 8. The SMILES string of the molecule is N[C@@H](CC(=O)N1CCSC1C(=O)NCc1ccc(C(=O)O)cc1)Cc1cc(F)c(F)cc1F. The Labute approximate surface area is 192 Å². The lowest BCUT2D eigenvalue weighted by atomic mass is 10.0. The Morgan fingerprint density at radius 2 is 1.79 bits per heavy atom. The summed E-state index contributed by atoms with van der Waals surface area (Å²) in [7, 11) is 0. The van der Waals surface area contributed by atoms with Crippen LogP contribution in [0.5, 0.6) is 0 Å². The van der Waals surface area contributed by atoms with Crippen molar-refractivity contribution < 1.29 is 32.7 Å². The molecule has 1 heterocycles. The van der Waals surface area contributed by atoms with Crippen LogP contribution >= 0.6 is 11.8 Å². The molecule has 0 aromatic heterocycles. The van der Waals surface area contributed by atoms with Gasteiger partial charge in [0, 0.05) is 37.4 Å². The zero-order chi connectivity index (χ0) is 24.1. The smallest absolute Gasteiger partial charge is 0.335 e. The summed E-state index contributed by atoms with van der Waals surface area (Å²) < 4.78 is 40.3. The van der Waals surface area contributed by atoms with Crippen LogP contribution < -0.4 is 11.1 Å². The molecule has 0 spiro atoms. The van der Waals surface area contributed by atoms with Crippen molar-refractivity contribution in [3.63, 3.8) is 0 Å². The van der Waals surface area contributed by atoms with Gasteiger partial charge < -0.3 is 21.1 Å². The Morgan fingerprint density at radius 1 is 1.12 bits per heavy atom. The molecule has 2 amide bonds. The van der Waals surface area contributed by atoms with Gasteiger partial charge >= 0.3 is 5.97 Å². The van der Waals surface area contributed by atoms with Gasteiger partial charge in [-0.2, -0.15) is 0 Å². The van der Waals surface area contributed by atoms with E-state index in [9.17, 15) is 27.6 Å². The second kappa shape index (κ2) is 10.7. The highest BCUT2D eigenvalue weighted by atomic mass is 32.2. The lowest BCUT2D eigenvalue weighted by molar-refractivity contribution is -0.136. The Bertz CT molecular complexity index is 1050. The number of nitrogens with two attached hydrogens (primary N) is 1. The summed E-state index contributed by atoms with van der Waals surface area (Å²) in [5, 5.41) is 10.9. The van der Waals surface area contributed by atoms with E-state index in [2.05, 4.69) is 5.32 Å². The van der Waals surface area contributed by atoms with Gasteiger partial charge in [0.15, 0.2) is 17.0 Å². The number of carboxylic acid groups (broad SMARTS) is 1. The molecule has 0 radical (unpaired) electrons. The Hall–Kier alpha value is -3.05. The number of aromatic carboxylic acids is 1. The minimum Gasteiger partial charge on any atom is -0.478 e. The van der Waals surface area contributed by atoms with Crippen LogP contribution in [0.4, 0.5) is 13.2 Å². The number of carbonyl (C=O) groups excluding carboxylic acids is 2. The summed E-state index contributed by atoms with van der Waals surface area (Å²) in [5.74, 6) is -4.73. The van der Waals surface area contributed by atoms with E-state index in [-0.39, 0.29) is 36.4 Å². The highest BCUT2D eigenvalue weighted by Crippen LogP contribution is 2.25. The fraction of sp³-hybridized carbons (Fsp3) is 0.318. The number of carboxylic acids is 1. The first-order valence-electron chi connectivity index (χ1n) is 10.1. The van der Waals surface area contributed by atoms with E-state index >= 15 is 0 Å². The molecule has 0 aliphatic carbocycles. The predicted octanol–water partition coefficient (Wildman–Crippen LogP) is 2.28. The molecule has 0 saturated carbocycles. The molecule has 1 aliphatic heterocycles. The van der Waals surface area contributed by atoms with Crippen LogP contribution in [0.25, 0.3) is 0 Å². The number of nitrogens with zero attached hydrogens (tertiary/aromatic N) is 1. The maximum Gasteiger partial charge on any atom is 0.335 e. The number of halogens is 3. The van der Waals surface area contributed by atoms with Crippen molar-refractivity contribution in [2.75, 3.05) is 12.3 Å². The predicted molar refractivity (Wildman–Crippen MR) is 116 cm³/mol. The van der Waals surface area contributed by atoms with Gasteiger partial charge in [0.2, 0.25) is 5.91 Å². The summed E-state index contributed by atoms with van der Waals surface area (Å²) in [6.45, 7) is 0.494. The molecule has 176 valence electrons. The Kier molecular flexibility index (Phi) is 7.98. The van der Waals surface area contributed by atoms with Crippen molar-refractivity contribution in [2.45, 2.75) is 30.8 Å². The van der Waals surface area contributed by atoms with Gasteiger partial charge in [-0.05, 0) is 35.7 Å². The molecule has 1 aliphatic rings. The molecule has 1 saturated heterocycles. The Morgan fingerprint density at radius 3 is 2.45 bits per heavy atom. The van der Waals surface area contributed by atoms with Crippen molar-refractivity contribution in [2.24, 2.45) is 5.73 Å². The molecule has 11 heteroatoms. The molecule has 33 heavy (non-hydrogen) atoms. The van der Waals surface area contributed by atoms with Crippen LogP contribution in [-0.4, -0.2) is 51.5 Å². The lowest BCUT2D eigenvalue weighted by Crippen LogP contribution is -2.46. The second-order valence-corrected chi connectivity index (χ2v) is 8.74. The van der Waals surface area contributed by atoms with Crippen LogP contribution in [0.15, 0.2) is 36.4 Å². The van der Waals surface area contributed by atoms with Crippen LogP contribution in [0.1, 0.15) is 27.9 Å². The number of benzene rings is 2. The number of carbonyl (C=O) groups is 3. The lowest BCUT2D eigenvalue weighted by Gasteiger charge is -2.24. The monoisotopic (exact) mass is 481 g/mol. The van der Waals surface area contributed by atoms with Gasteiger partial charge in [-0.1, -0.05) is 12.1 Å². The fourth-order valence-electron chi connectivity index (χ4n) is 3.40. The van der Waals surface area contributed by atoms with Crippen LogP contribution in [-0.2, 0) is 22.6 Å². The number of thioether (sulfide) groups is 1. The quantitative estimate of drug-likeness (QED) is 0.499.